The molecule has 0 aromatic heterocycles. The monoisotopic (exact) mass is 218 g/mol. The molecule has 0 fully saturated rings. The number of halogens is 2. The number of hydrogen-bond donors (Lipinski definition) is 0. The smallest absolute Gasteiger partial charge is 0.129 e. The molecule has 2 heteroatoms. The molecule has 2 aromatic rings. The van der Waals surface area contributed by atoms with Crippen molar-refractivity contribution in [2.75, 3.05) is 0 Å². The van der Waals surface area contributed by atoms with Gasteiger partial charge in [-0.1, -0.05) is 43.3 Å². The quantitative estimate of drug-likeness (QED) is 0.711. The van der Waals surface area contributed by atoms with E-state index in [1.54, 1.807) is 6.92 Å². The van der Waals surface area contributed by atoms with Crippen LogP contribution in [0.1, 0.15) is 24.0 Å². The summed E-state index contributed by atoms with van der Waals surface area (Å²) in [4.78, 5) is 0. The maximum atomic E-state index is 13.5. The van der Waals surface area contributed by atoms with Crippen LogP contribution < -0.4 is 0 Å². The Morgan fingerprint density at radius 3 is 1.94 bits per heavy atom. The van der Waals surface area contributed by atoms with Gasteiger partial charge >= 0.3 is 0 Å². The summed E-state index contributed by atoms with van der Waals surface area (Å²) in [7, 11) is 0. The molecule has 0 N–H and O–H groups in total. The van der Waals surface area contributed by atoms with Crippen molar-refractivity contribution in [3.05, 3.63) is 71.3 Å². The van der Waals surface area contributed by atoms with Crippen molar-refractivity contribution in [2.45, 2.75) is 12.8 Å². The molecule has 0 aliphatic carbocycles. The minimum Gasteiger partial charge on any atom is -0.207 e. The van der Waals surface area contributed by atoms with Gasteiger partial charge in [0.1, 0.15) is 11.6 Å². The highest BCUT2D eigenvalue weighted by Gasteiger charge is 2.16. The van der Waals surface area contributed by atoms with Crippen LogP contribution in [0, 0.1) is 11.6 Å². The molecule has 0 bridgehead atoms. The Hall–Kier alpha value is -1.70. The standard InChI is InChI=1S/C14H12F2/c1-10(11-6-3-2-4-7-11)14-12(15)8-5-9-13(14)16/h2-10H,1H3. The van der Waals surface area contributed by atoms with E-state index < -0.39 is 11.6 Å². The first-order valence-electron chi connectivity index (χ1n) is 5.19. The van der Waals surface area contributed by atoms with Gasteiger partial charge in [-0.3, -0.25) is 0 Å². The van der Waals surface area contributed by atoms with Gasteiger partial charge in [0.05, 0.1) is 0 Å². The Morgan fingerprint density at radius 2 is 1.38 bits per heavy atom. The van der Waals surface area contributed by atoms with Crippen molar-refractivity contribution in [1.29, 1.82) is 0 Å². The van der Waals surface area contributed by atoms with E-state index in [0.29, 0.717) is 0 Å². The molecule has 0 aliphatic rings. The maximum Gasteiger partial charge on any atom is 0.129 e. The lowest BCUT2D eigenvalue weighted by atomic mass is 9.92. The molecule has 0 heterocycles. The van der Waals surface area contributed by atoms with Gasteiger partial charge in [-0.2, -0.15) is 0 Å². The molecule has 0 saturated carbocycles. The van der Waals surface area contributed by atoms with Crippen LogP contribution in [0.25, 0.3) is 0 Å². The van der Waals surface area contributed by atoms with Crippen molar-refractivity contribution < 1.29 is 8.78 Å². The molecule has 2 rings (SSSR count). The molecule has 0 nitrogen and oxygen atoms in total. The molecule has 0 amide bonds. The van der Waals surface area contributed by atoms with Gasteiger partial charge in [0.25, 0.3) is 0 Å². The maximum absolute atomic E-state index is 13.5. The second kappa shape index (κ2) is 4.44. The molecule has 1 unspecified atom stereocenters. The third kappa shape index (κ3) is 1.96. The van der Waals surface area contributed by atoms with E-state index in [9.17, 15) is 8.78 Å². The molecule has 2 aromatic carbocycles. The van der Waals surface area contributed by atoms with E-state index in [-0.39, 0.29) is 11.5 Å². The van der Waals surface area contributed by atoms with E-state index in [0.717, 1.165) is 5.56 Å². The van der Waals surface area contributed by atoms with E-state index >= 15 is 0 Å². The Balaban J connectivity index is 2.46. The third-order valence-corrected chi connectivity index (χ3v) is 2.73. The summed E-state index contributed by atoms with van der Waals surface area (Å²) in [6.07, 6.45) is 0. The summed E-state index contributed by atoms with van der Waals surface area (Å²) in [5, 5.41) is 0. The lowest BCUT2D eigenvalue weighted by molar-refractivity contribution is 0.547. The zero-order valence-corrected chi connectivity index (χ0v) is 8.95. The van der Waals surface area contributed by atoms with Crippen LogP contribution >= 0.6 is 0 Å². The van der Waals surface area contributed by atoms with Gasteiger partial charge in [0.15, 0.2) is 0 Å². The van der Waals surface area contributed by atoms with Crippen LogP contribution in [0.4, 0.5) is 8.78 Å². The minimum atomic E-state index is -0.489. The third-order valence-electron chi connectivity index (χ3n) is 2.73. The van der Waals surface area contributed by atoms with Crippen LogP contribution in [0.15, 0.2) is 48.5 Å². The van der Waals surface area contributed by atoms with E-state index in [1.807, 2.05) is 30.3 Å². The van der Waals surface area contributed by atoms with Crippen molar-refractivity contribution in [3.63, 3.8) is 0 Å². The molecule has 1 atom stereocenters. The lowest BCUT2D eigenvalue weighted by Gasteiger charge is -2.13. The van der Waals surface area contributed by atoms with Gasteiger partial charge in [-0.05, 0) is 17.7 Å². The van der Waals surface area contributed by atoms with E-state index in [1.165, 1.54) is 18.2 Å². The lowest BCUT2D eigenvalue weighted by Crippen LogP contribution is -2.02. The predicted molar refractivity (Wildman–Crippen MR) is 60.3 cm³/mol. The zero-order valence-electron chi connectivity index (χ0n) is 8.95. The van der Waals surface area contributed by atoms with Crippen LogP contribution in [-0.2, 0) is 0 Å². The molecule has 16 heavy (non-hydrogen) atoms. The predicted octanol–water partition coefficient (Wildman–Crippen LogP) is 4.12. The summed E-state index contributed by atoms with van der Waals surface area (Å²) < 4.78 is 27.1. The van der Waals surface area contributed by atoms with Gasteiger partial charge in [0, 0.05) is 11.5 Å². The first-order valence-corrected chi connectivity index (χ1v) is 5.19. The highest BCUT2D eigenvalue weighted by atomic mass is 19.1. The second-order valence-electron chi connectivity index (χ2n) is 3.77. The van der Waals surface area contributed by atoms with Gasteiger partial charge in [-0.15, -0.1) is 0 Å². The molecule has 0 radical (unpaired) electrons. The summed E-state index contributed by atoms with van der Waals surface area (Å²) in [5.74, 6) is -1.25. The summed E-state index contributed by atoms with van der Waals surface area (Å²) in [6.45, 7) is 1.80. The fourth-order valence-corrected chi connectivity index (χ4v) is 1.83. The van der Waals surface area contributed by atoms with Gasteiger partial charge in [0.2, 0.25) is 0 Å². The van der Waals surface area contributed by atoms with Crippen LogP contribution in [-0.4, -0.2) is 0 Å². The van der Waals surface area contributed by atoms with Gasteiger partial charge in [-0.25, -0.2) is 8.78 Å². The minimum absolute atomic E-state index is 0.133. The summed E-state index contributed by atoms with van der Waals surface area (Å²) in [6, 6.07) is 13.3. The SMILES string of the molecule is CC(c1ccccc1)c1c(F)cccc1F. The largest absolute Gasteiger partial charge is 0.207 e. The zero-order chi connectivity index (χ0) is 11.5. The average Bonchev–Trinajstić information content (AvgIpc) is 2.30. The highest BCUT2D eigenvalue weighted by molar-refractivity contribution is 5.33. The molecule has 0 aliphatic heterocycles. The number of benzene rings is 2. The van der Waals surface area contributed by atoms with Crippen molar-refractivity contribution in [1.82, 2.24) is 0 Å². The van der Waals surface area contributed by atoms with Crippen molar-refractivity contribution >= 4 is 0 Å². The van der Waals surface area contributed by atoms with Crippen molar-refractivity contribution in [2.24, 2.45) is 0 Å². The van der Waals surface area contributed by atoms with E-state index in [4.69, 9.17) is 0 Å². The van der Waals surface area contributed by atoms with E-state index in [2.05, 4.69) is 0 Å². The molecule has 82 valence electrons. The topological polar surface area (TPSA) is 0 Å². The Bertz CT molecular complexity index is 457. The highest BCUT2D eigenvalue weighted by Crippen LogP contribution is 2.28. The van der Waals surface area contributed by atoms with Gasteiger partial charge < -0.3 is 0 Å². The number of hydrogen-bond acceptors (Lipinski definition) is 0. The Kier molecular flexibility index (Phi) is 3.00. The summed E-state index contributed by atoms with van der Waals surface area (Å²) >= 11 is 0. The van der Waals surface area contributed by atoms with Crippen LogP contribution in [0.5, 0.6) is 0 Å². The normalized spacial score (nSPS) is 12.4. The molecular weight excluding hydrogens is 206 g/mol. The Morgan fingerprint density at radius 1 is 0.812 bits per heavy atom. The first-order chi connectivity index (χ1) is 7.70. The number of rotatable bonds is 2. The van der Waals surface area contributed by atoms with Crippen molar-refractivity contribution in [3.8, 4) is 0 Å². The molecule has 0 spiro atoms. The van der Waals surface area contributed by atoms with Crippen LogP contribution in [0.2, 0.25) is 0 Å². The summed E-state index contributed by atoms with van der Waals surface area (Å²) in [5.41, 5.74) is 1.04. The average molecular weight is 218 g/mol. The second-order valence-corrected chi connectivity index (χ2v) is 3.77. The molecular formula is C14H12F2. The van der Waals surface area contributed by atoms with Crippen LogP contribution in [0.3, 0.4) is 0 Å². The fraction of sp³-hybridized carbons (Fsp3) is 0.143. The first kappa shape index (κ1) is 10.8. The molecule has 0 saturated heterocycles. The fourth-order valence-electron chi connectivity index (χ4n) is 1.83. The Labute approximate surface area is 93.5 Å².